The maximum absolute atomic E-state index is 12.5. The van der Waals surface area contributed by atoms with Crippen LogP contribution in [0.2, 0.25) is 0 Å². The van der Waals surface area contributed by atoms with Crippen LogP contribution in [0.5, 0.6) is 0 Å². The number of aromatic nitrogens is 3. The van der Waals surface area contributed by atoms with Gasteiger partial charge in [-0.25, -0.2) is 9.67 Å². The van der Waals surface area contributed by atoms with E-state index in [0.29, 0.717) is 17.3 Å². The average molecular weight is 346 g/mol. The Morgan fingerprint density at radius 2 is 2.17 bits per heavy atom. The molecule has 0 aromatic carbocycles. The molecule has 0 spiro atoms. The Morgan fingerprint density at radius 3 is 2.75 bits per heavy atom. The molecular formula is C17H22N4O2S. The van der Waals surface area contributed by atoms with Gasteiger partial charge in [0.2, 0.25) is 0 Å². The van der Waals surface area contributed by atoms with Crippen LogP contribution in [0.3, 0.4) is 0 Å². The van der Waals surface area contributed by atoms with Crippen LogP contribution in [-0.2, 0) is 6.54 Å². The van der Waals surface area contributed by atoms with Crippen molar-refractivity contribution in [3.8, 4) is 0 Å². The Hall–Kier alpha value is -2.02. The van der Waals surface area contributed by atoms with E-state index in [1.807, 2.05) is 26.8 Å². The van der Waals surface area contributed by atoms with Crippen LogP contribution in [-0.4, -0.2) is 26.7 Å². The van der Waals surface area contributed by atoms with E-state index in [2.05, 4.69) is 15.4 Å². The Morgan fingerprint density at radius 1 is 1.42 bits per heavy atom. The van der Waals surface area contributed by atoms with Crippen molar-refractivity contribution in [2.45, 2.75) is 52.1 Å². The van der Waals surface area contributed by atoms with Gasteiger partial charge in [-0.1, -0.05) is 13.8 Å². The van der Waals surface area contributed by atoms with Crippen LogP contribution in [0.1, 0.15) is 53.7 Å². The molecule has 1 atom stereocenters. The first-order chi connectivity index (χ1) is 11.5. The molecule has 1 N–H and O–H groups in total. The van der Waals surface area contributed by atoms with Gasteiger partial charge < -0.3 is 5.32 Å². The minimum absolute atomic E-state index is 0.131. The molecule has 0 saturated heterocycles. The predicted octanol–water partition coefficient (Wildman–Crippen LogP) is 2.34. The first kappa shape index (κ1) is 16.8. The monoisotopic (exact) mass is 346 g/mol. The van der Waals surface area contributed by atoms with Crippen LogP contribution in [0.25, 0.3) is 0 Å². The number of nitrogens with one attached hydrogen (secondary N) is 1. The Kier molecular flexibility index (Phi) is 4.80. The van der Waals surface area contributed by atoms with Crippen LogP contribution in [0, 0.1) is 12.8 Å². The minimum Gasteiger partial charge on any atom is -0.346 e. The van der Waals surface area contributed by atoms with Crippen molar-refractivity contribution in [2.75, 3.05) is 0 Å². The first-order valence-corrected chi connectivity index (χ1v) is 9.12. The van der Waals surface area contributed by atoms with E-state index in [9.17, 15) is 9.59 Å². The number of nitrogens with zero attached hydrogens (tertiary/aromatic N) is 3. The van der Waals surface area contributed by atoms with Crippen molar-refractivity contribution in [2.24, 2.45) is 5.92 Å². The van der Waals surface area contributed by atoms with E-state index < -0.39 is 0 Å². The van der Waals surface area contributed by atoms with Gasteiger partial charge in [-0.15, -0.1) is 11.3 Å². The van der Waals surface area contributed by atoms with Crippen molar-refractivity contribution < 1.29 is 4.79 Å². The van der Waals surface area contributed by atoms with E-state index in [-0.39, 0.29) is 23.4 Å². The summed E-state index contributed by atoms with van der Waals surface area (Å²) < 4.78 is 1.48. The SMILES string of the molecule is Cc1ncsc1C(=O)N[C@H](Cn1nc(C2CC2)ccc1=O)C(C)C. The molecule has 24 heavy (non-hydrogen) atoms. The van der Waals surface area contributed by atoms with Gasteiger partial charge in [0.05, 0.1) is 29.5 Å². The van der Waals surface area contributed by atoms with E-state index in [1.165, 1.54) is 16.0 Å². The summed E-state index contributed by atoms with van der Waals surface area (Å²) in [5.74, 6) is 0.532. The summed E-state index contributed by atoms with van der Waals surface area (Å²) in [6.45, 7) is 6.25. The molecule has 6 nitrogen and oxygen atoms in total. The minimum atomic E-state index is -0.168. The second-order valence-electron chi connectivity index (χ2n) is 6.64. The summed E-state index contributed by atoms with van der Waals surface area (Å²) in [6, 6.07) is 3.23. The zero-order chi connectivity index (χ0) is 17.3. The number of hydrogen-bond donors (Lipinski definition) is 1. The standard InChI is InChI=1S/C17H22N4O2S/c1-10(2)14(19-17(23)16-11(3)18-9-24-16)8-21-15(22)7-6-13(20-21)12-4-5-12/h6-7,9-10,12,14H,4-5,8H2,1-3H3,(H,19,23)/t14-/m1/s1. The molecular weight excluding hydrogens is 324 g/mol. The Labute approximate surface area is 144 Å². The van der Waals surface area contributed by atoms with Gasteiger partial charge in [0.1, 0.15) is 4.88 Å². The average Bonchev–Trinajstić information content (AvgIpc) is 3.29. The molecule has 2 heterocycles. The lowest BCUT2D eigenvalue weighted by Gasteiger charge is -2.22. The highest BCUT2D eigenvalue weighted by Gasteiger charge is 2.26. The predicted molar refractivity (Wildman–Crippen MR) is 93.4 cm³/mol. The van der Waals surface area contributed by atoms with Crippen LogP contribution in [0.4, 0.5) is 0 Å². The van der Waals surface area contributed by atoms with Gasteiger partial charge in [-0.2, -0.15) is 5.10 Å². The Balaban J connectivity index is 1.77. The molecule has 1 fully saturated rings. The number of carbonyl (C=O) groups is 1. The summed E-state index contributed by atoms with van der Waals surface area (Å²) in [7, 11) is 0. The number of carbonyl (C=O) groups excluding carboxylic acids is 1. The van der Waals surface area contributed by atoms with Gasteiger partial charge in [0, 0.05) is 12.0 Å². The van der Waals surface area contributed by atoms with Crippen molar-refractivity contribution >= 4 is 17.2 Å². The second-order valence-corrected chi connectivity index (χ2v) is 7.50. The van der Waals surface area contributed by atoms with E-state index >= 15 is 0 Å². The topological polar surface area (TPSA) is 76.9 Å². The summed E-state index contributed by atoms with van der Waals surface area (Å²) in [5.41, 5.74) is 3.24. The lowest BCUT2D eigenvalue weighted by Crippen LogP contribution is -2.44. The molecule has 0 aliphatic heterocycles. The lowest BCUT2D eigenvalue weighted by molar-refractivity contribution is 0.0922. The molecule has 0 bridgehead atoms. The van der Waals surface area contributed by atoms with Crippen molar-refractivity contribution in [3.05, 3.63) is 44.3 Å². The summed E-state index contributed by atoms with van der Waals surface area (Å²) in [4.78, 5) is 29.3. The molecule has 2 aromatic heterocycles. The van der Waals surface area contributed by atoms with Crippen LogP contribution in [0.15, 0.2) is 22.4 Å². The molecule has 1 amide bonds. The molecule has 128 valence electrons. The third kappa shape index (κ3) is 3.72. The largest absolute Gasteiger partial charge is 0.346 e. The zero-order valence-electron chi connectivity index (χ0n) is 14.2. The summed E-state index contributed by atoms with van der Waals surface area (Å²) >= 11 is 1.33. The van der Waals surface area contributed by atoms with Gasteiger partial charge in [0.15, 0.2) is 0 Å². The summed E-state index contributed by atoms with van der Waals surface area (Å²) in [5, 5.41) is 7.52. The normalized spacial score (nSPS) is 15.5. The number of thiazole rings is 1. The number of rotatable bonds is 6. The third-order valence-corrected chi connectivity index (χ3v) is 5.25. The second kappa shape index (κ2) is 6.84. The molecule has 1 aliphatic carbocycles. The zero-order valence-corrected chi connectivity index (χ0v) is 15.0. The summed E-state index contributed by atoms with van der Waals surface area (Å²) in [6.07, 6.45) is 2.28. The molecule has 7 heteroatoms. The first-order valence-electron chi connectivity index (χ1n) is 8.24. The van der Waals surface area contributed by atoms with E-state index in [1.54, 1.807) is 11.6 Å². The highest BCUT2D eigenvalue weighted by Crippen LogP contribution is 2.38. The number of hydrogen-bond acceptors (Lipinski definition) is 5. The molecule has 0 unspecified atom stereocenters. The molecule has 1 aliphatic rings. The maximum atomic E-state index is 12.5. The highest BCUT2D eigenvalue weighted by atomic mass is 32.1. The highest BCUT2D eigenvalue weighted by molar-refractivity contribution is 7.11. The Bertz CT molecular complexity index is 792. The maximum Gasteiger partial charge on any atom is 0.266 e. The fourth-order valence-electron chi connectivity index (χ4n) is 2.56. The van der Waals surface area contributed by atoms with Crippen LogP contribution < -0.4 is 10.9 Å². The molecule has 0 radical (unpaired) electrons. The van der Waals surface area contributed by atoms with Gasteiger partial charge in [-0.05, 0) is 31.7 Å². The van der Waals surface area contributed by atoms with Crippen LogP contribution >= 0.6 is 11.3 Å². The van der Waals surface area contributed by atoms with E-state index in [4.69, 9.17) is 0 Å². The number of amides is 1. The smallest absolute Gasteiger partial charge is 0.266 e. The quantitative estimate of drug-likeness (QED) is 0.871. The molecule has 1 saturated carbocycles. The van der Waals surface area contributed by atoms with Crippen molar-refractivity contribution in [1.29, 1.82) is 0 Å². The van der Waals surface area contributed by atoms with Gasteiger partial charge in [-0.3, -0.25) is 9.59 Å². The van der Waals surface area contributed by atoms with Gasteiger partial charge >= 0.3 is 0 Å². The third-order valence-electron chi connectivity index (χ3n) is 4.33. The fourth-order valence-corrected chi connectivity index (χ4v) is 3.26. The molecule has 3 rings (SSSR count). The number of aryl methyl sites for hydroxylation is 1. The van der Waals surface area contributed by atoms with Gasteiger partial charge in [0.25, 0.3) is 11.5 Å². The van der Waals surface area contributed by atoms with E-state index in [0.717, 1.165) is 24.2 Å². The van der Waals surface area contributed by atoms with Crippen molar-refractivity contribution in [1.82, 2.24) is 20.1 Å². The fraction of sp³-hybridized carbons (Fsp3) is 0.529. The molecule has 2 aromatic rings. The van der Waals surface area contributed by atoms with Crippen molar-refractivity contribution in [3.63, 3.8) is 0 Å². The lowest BCUT2D eigenvalue weighted by atomic mass is 10.0.